The first-order valence-electron chi connectivity index (χ1n) is 7.85. The van der Waals surface area contributed by atoms with Crippen LogP contribution in [0.4, 0.5) is 5.00 Å². The molecule has 1 aromatic carbocycles. The zero-order chi connectivity index (χ0) is 18.4. The van der Waals surface area contributed by atoms with Crippen molar-refractivity contribution in [1.29, 1.82) is 0 Å². The second-order valence-corrected chi connectivity index (χ2v) is 7.78. The predicted octanol–water partition coefficient (Wildman–Crippen LogP) is 3.85. The minimum absolute atomic E-state index is 0.0904. The van der Waals surface area contributed by atoms with Gasteiger partial charge < -0.3 is 15.4 Å². The monoisotopic (exact) mass is 378 g/mol. The van der Waals surface area contributed by atoms with Gasteiger partial charge in [-0.15, -0.1) is 23.1 Å². The molecule has 134 valence electrons. The lowest BCUT2D eigenvalue weighted by atomic mass is 10.1. The number of ether oxygens (including phenoxy) is 1. The molecule has 0 fully saturated rings. The molecule has 0 radical (unpaired) electrons. The van der Waals surface area contributed by atoms with Crippen LogP contribution in [-0.2, 0) is 4.79 Å². The van der Waals surface area contributed by atoms with Crippen molar-refractivity contribution >= 4 is 39.9 Å². The standard InChI is InChI=1S/C18H22N2O3S2/c1-11-12(2)25-18(16(11)17(22)19-3)20-15(21)9-10-24-14-7-5-13(23-4)6-8-14/h5-8H,9-10H2,1-4H3,(H,19,22)(H,20,21). The van der Waals surface area contributed by atoms with E-state index in [0.29, 0.717) is 22.7 Å². The van der Waals surface area contributed by atoms with E-state index < -0.39 is 0 Å². The molecule has 25 heavy (non-hydrogen) atoms. The van der Waals surface area contributed by atoms with E-state index in [2.05, 4.69) is 10.6 Å². The van der Waals surface area contributed by atoms with E-state index in [1.807, 2.05) is 38.1 Å². The Bertz CT molecular complexity index is 754. The second-order valence-electron chi connectivity index (χ2n) is 5.39. The fourth-order valence-electron chi connectivity index (χ4n) is 2.24. The summed E-state index contributed by atoms with van der Waals surface area (Å²) < 4.78 is 5.12. The maximum Gasteiger partial charge on any atom is 0.254 e. The molecule has 0 unspecified atom stereocenters. The number of hydrogen-bond donors (Lipinski definition) is 2. The van der Waals surface area contributed by atoms with Crippen LogP contribution in [-0.4, -0.2) is 31.7 Å². The fraction of sp³-hybridized carbons (Fsp3) is 0.333. The van der Waals surface area contributed by atoms with Gasteiger partial charge in [-0.1, -0.05) is 0 Å². The van der Waals surface area contributed by atoms with Gasteiger partial charge in [-0.3, -0.25) is 9.59 Å². The topological polar surface area (TPSA) is 67.4 Å². The molecule has 1 heterocycles. The van der Waals surface area contributed by atoms with Crippen LogP contribution in [0.5, 0.6) is 5.75 Å². The van der Waals surface area contributed by atoms with Crippen molar-refractivity contribution in [2.45, 2.75) is 25.2 Å². The Kier molecular flexibility index (Phi) is 6.90. The van der Waals surface area contributed by atoms with Crippen LogP contribution >= 0.6 is 23.1 Å². The highest BCUT2D eigenvalue weighted by atomic mass is 32.2. The van der Waals surface area contributed by atoms with Crippen LogP contribution in [0.2, 0.25) is 0 Å². The van der Waals surface area contributed by atoms with Gasteiger partial charge in [-0.05, 0) is 43.7 Å². The fourth-order valence-corrected chi connectivity index (χ4v) is 4.16. The number of carbonyl (C=O) groups is 2. The van der Waals surface area contributed by atoms with Gasteiger partial charge in [0, 0.05) is 29.0 Å². The molecule has 2 rings (SSSR count). The second kappa shape index (κ2) is 8.92. The summed E-state index contributed by atoms with van der Waals surface area (Å²) in [4.78, 5) is 26.4. The quantitative estimate of drug-likeness (QED) is 0.718. The summed E-state index contributed by atoms with van der Waals surface area (Å²) in [6.07, 6.45) is 0.375. The van der Waals surface area contributed by atoms with Crippen molar-refractivity contribution in [1.82, 2.24) is 5.32 Å². The predicted molar refractivity (Wildman–Crippen MR) is 104 cm³/mol. The minimum atomic E-state index is -0.176. The molecule has 2 N–H and O–H groups in total. The van der Waals surface area contributed by atoms with Crippen LogP contribution in [0.1, 0.15) is 27.2 Å². The zero-order valence-corrected chi connectivity index (χ0v) is 16.4. The Hall–Kier alpha value is -1.99. The number of rotatable bonds is 7. The number of amides is 2. The van der Waals surface area contributed by atoms with E-state index in [1.165, 1.54) is 11.3 Å². The van der Waals surface area contributed by atoms with Gasteiger partial charge in [0.25, 0.3) is 5.91 Å². The highest BCUT2D eigenvalue weighted by molar-refractivity contribution is 7.99. The lowest BCUT2D eigenvalue weighted by Crippen LogP contribution is -2.21. The van der Waals surface area contributed by atoms with Crippen molar-refractivity contribution in [3.05, 3.63) is 40.3 Å². The van der Waals surface area contributed by atoms with E-state index in [-0.39, 0.29) is 11.8 Å². The number of carbonyl (C=O) groups excluding carboxylic acids is 2. The Balaban J connectivity index is 1.92. The molecule has 0 atom stereocenters. The molecular weight excluding hydrogens is 356 g/mol. The summed E-state index contributed by atoms with van der Waals surface area (Å²) in [6, 6.07) is 7.73. The zero-order valence-electron chi connectivity index (χ0n) is 14.8. The Morgan fingerprint density at radius 3 is 2.48 bits per heavy atom. The molecule has 5 nitrogen and oxygen atoms in total. The molecule has 0 saturated heterocycles. The summed E-state index contributed by atoms with van der Waals surface area (Å²) >= 11 is 3.04. The minimum Gasteiger partial charge on any atom is -0.497 e. The summed E-state index contributed by atoms with van der Waals surface area (Å²) in [7, 11) is 3.22. The van der Waals surface area contributed by atoms with Crippen molar-refractivity contribution in [3.8, 4) is 5.75 Å². The lowest BCUT2D eigenvalue weighted by molar-refractivity contribution is -0.115. The van der Waals surface area contributed by atoms with Crippen LogP contribution in [0, 0.1) is 13.8 Å². The van der Waals surface area contributed by atoms with Gasteiger partial charge in [0.15, 0.2) is 0 Å². The average Bonchev–Trinajstić information content (AvgIpc) is 2.88. The van der Waals surface area contributed by atoms with Crippen LogP contribution in [0.25, 0.3) is 0 Å². The van der Waals surface area contributed by atoms with Gasteiger partial charge in [-0.2, -0.15) is 0 Å². The number of hydrogen-bond acceptors (Lipinski definition) is 5. The van der Waals surface area contributed by atoms with Gasteiger partial charge in [0.2, 0.25) is 5.91 Å². The van der Waals surface area contributed by atoms with E-state index in [0.717, 1.165) is 21.1 Å². The molecule has 0 spiro atoms. The van der Waals surface area contributed by atoms with E-state index in [9.17, 15) is 9.59 Å². The molecule has 0 aliphatic rings. The highest BCUT2D eigenvalue weighted by Crippen LogP contribution is 2.32. The number of aryl methyl sites for hydroxylation is 1. The van der Waals surface area contributed by atoms with Crippen molar-refractivity contribution in [3.63, 3.8) is 0 Å². The molecule has 2 aromatic rings. The molecule has 2 amide bonds. The smallest absolute Gasteiger partial charge is 0.254 e. The summed E-state index contributed by atoms with van der Waals surface area (Å²) in [5.41, 5.74) is 1.47. The van der Waals surface area contributed by atoms with Crippen LogP contribution in [0.15, 0.2) is 29.2 Å². The third-order valence-electron chi connectivity index (χ3n) is 3.75. The number of methoxy groups -OCH3 is 1. The van der Waals surface area contributed by atoms with Gasteiger partial charge >= 0.3 is 0 Å². The number of thioether (sulfide) groups is 1. The highest BCUT2D eigenvalue weighted by Gasteiger charge is 2.19. The first-order valence-corrected chi connectivity index (χ1v) is 9.65. The van der Waals surface area contributed by atoms with E-state index >= 15 is 0 Å². The molecule has 0 bridgehead atoms. The van der Waals surface area contributed by atoms with Gasteiger partial charge in [0.05, 0.1) is 12.7 Å². The maximum absolute atomic E-state index is 12.2. The van der Waals surface area contributed by atoms with Crippen molar-refractivity contribution in [2.24, 2.45) is 0 Å². The van der Waals surface area contributed by atoms with Gasteiger partial charge in [0.1, 0.15) is 10.8 Å². The number of benzene rings is 1. The van der Waals surface area contributed by atoms with E-state index in [4.69, 9.17) is 4.74 Å². The third-order valence-corrected chi connectivity index (χ3v) is 5.89. The molecule has 0 aliphatic heterocycles. The lowest BCUT2D eigenvalue weighted by Gasteiger charge is -2.07. The molecular formula is C18H22N2O3S2. The SMILES string of the molecule is CNC(=O)c1c(NC(=O)CCSc2ccc(OC)cc2)sc(C)c1C. The summed E-state index contributed by atoms with van der Waals surface area (Å²) in [5.74, 6) is 1.21. The summed E-state index contributed by atoms with van der Waals surface area (Å²) in [6.45, 7) is 3.84. The largest absolute Gasteiger partial charge is 0.497 e. The Morgan fingerprint density at radius 2 is 1.88 bits per heavy atom. The maximum atomic E-state index is 12.2. The first-order chi connectivity index (χ1) is 12.0. The Labute approximate surface area is 156 Å². The first kappa shape index (κ1) is 19.3. The normalized spacial score (nSPS) is 10.4. The van der Waals surface area contributed by atoms with Crippen molar-refractivity contribution in [2.75, 3.05) is 25.2 Å². The third kappa shape index (κ3) is 4.99. The van der Waals surface area contributed by atoms with Gasteiger partial charge in [-0.25, -0.2) is 0 Å². The number of thiophene rings is 1. The Morgan fingerprint density at radius 1 is 1.20 bits per heavy atom. The number of anilines is 1. The van der Waals surface area contributed by atoms with Crippen LogP contribution in [0.3, 0.4) is 0 Å². The molecule has 0 saturated carbocycles. The van der Waals surface area contributed by atoms with Crippen LogP contribution < -0.4 is 15.4 Å². The molecule has 7 heteroatoms. The summed E-state index contributed by atoms with van der Waals surface area (Å²) in [5, 5.41) is 6.12. The molecule has 1 aromatic heterocycles. The number of nitrogens with one attached hydrogen (secondary N) is 2. The average molecular weight is 379 g/mol. The van der Waals surface area contributed by atoms with Crippen molar-refractivity contribution < 1.29 is 14.3 Å². The molecule has 0 aliphatic carbocycles. The van der Waals surface area contributed by atoms with E-state index in [1.54, 1.807) is 25.9 Å².